The van der Waals surface area contributed by atoms with E-state index in [1.807, 2.05) is 0 Å². The summed E-state index contributed by atoms with van der Waals surface area (Å²) >= 11 is 3.25. The number of nitrogens with one attached hydrogen (secondary N) is 2. The molecule has 1 atom stereocenters. The van der Waals surface area contributed by atoms with Gasteiger partial charge in [-0.2, -0.15) is 0 Å². The highest BCUT2D eigenvalue weighted by Crippen LogP contribution is 2.14. The Hall–Kier alpha value is -0.960. The Morgan fingerprint density at radius 1 is 1.32 bits per heavy atom. The number of amides is 1. The molecule has 1 aliphatic heterocycles. The Morgan fingerprint density at radius 3 is 2.68 bits per heavy atom. The van der Waals surface area contributed by atoms with Crippen LogP contribution in [-0.2, 0) is 19.6 Å². The highest BCUT2D eigenvalue weighted by Gasteiger charge is 2.17. The molecule has 2 N–H and O–H groups in total. The molecule has 0 aliphatic carbocycles. The zero-order valence-corrected chi connectivity index (χ0v) is 14.5. The van der Waals surface area contributed by atoms with E-state index >= 15 is 0 Å². The summed E-state index contributed by atoms with van der Waals surface area (Å²) in [7, 11) is -3.58. The number of rotatable bonds is 7. The molecule has 2 rings (SSSR count). The molecule has 122 valence electrons. The molecule has 0 aromatic heterocycles. The van der Waals surface area contributed by atoms with Crippen molar-refractivity contribution in [3.05, 3.63) is 28.7 Å². The molecule has 0 radical (unpaired) electrons. The normalized spacial score (nSPS) is 18.3. The van der Waals surface area contributed by atoms with Crippen LogP contribution in [0.1, 0.15) is 19.3 Å². The molecule has 1 amide bonds. The van der Waals surface area contributed by atoms with Crippen LogP contribution in [0.3, 0.4) is 0 Å². The van der Waals surface area contributed by atoms with Gasteiger partial charge in [-0.25, -0.2) is 13.1 Å². The largest absolute Gasteiger partial charge is 0.376 e. The third-order valence-electron chi connectivity index (χ3n) is 3.32. The Labute approximate surface area is 138 Å². The maximum absolute atomic E-state index is 12.0. The van der Waals surface area contributed by atoms with Gasteiger partial charge in [0, 0.05) is 30.6 Å². The molecule has 1 aromatic carbocycles. The van der Waals surface area contributed by atoms with Gasteiger partial charge in [0.2, 0.25) is 15.9 Å². The van der Waals surface area contributed by atoms with E-state index in [1.54, 1.807) is 12.1 Å². The Morgan fingerprint density at radius 2 is 2.05 bits per heavy atom. The lowest BCUT2D eigenvalue weighted by Crippen LogP contribution is -2.34. The molecule has 8 heteroatoms. The van der Waals surface area contributed by atoms with Crippen LogP contribution >= 0.6 is 15.9 Å². The summed E-state index contributed by atoms with van der Waals surface area (Å²) < 4.78 is 32.7. The van der Waals surface area contributed by atoms with Crippen molar-refractivity contribution in [1.82, 2.24) is 10.0 Å². The van der Waals surface area contributed by atoms with E-state index < -0.39 is 10.0 Å². The van der Waals surface area contributed by atoms with Gasteiger partial charge in [0.1, 0.15) is 0 Å². The molecule has 0 spiro atoms. The van der Waals surface area contributed by atoms with Crippen molar-refractivity contribution in [3.8, 4) is 0 Å². The molecule has 1 saturated heterocycles. The number of carbonyl (C=O) groups is 1. The molecular formula is C14H19BrN2O4S. The van der Waals surface area contributed by atoms with Crippen molar-refractivity contribution < 1.29 is 17.9 Å². The second-order valence-electron chi connectivity index (χ2n) is 5.04. The van der Waals surface area contributed by atoms with E-state index in [1.165, 1.54) is 12.1 Å². The van der Waals surface area contributed by atoms with Crippen molar-refractivity contribution in [2.75, 3.05) is 19.7 Å². The zero-order valence-electron chi connectivity index (χ0n) is 12.0. The number of ether oxygens (including phenoxy) is 1. The number of benzene rings is 1. The van der Waals surface area contributed by atoms with Crippen molar-refractivity contribution >= 4 is 31.9 Å². The van der Waals surface area contributed by atoms with Gasteiger partial charge in [0.15, 0.2) is 0 Å². The summed E-state index contributed by atoms with van der Waals surface area (Å²) in [6.45, 7) is 1.29. The van der Waals surface area contributed by atoms with Crippen LogP contribution in [0, 0.1) is 0 Å². The first-order valence-corrected chi connectivity index (χ1v) is 9.38. The fraction of sp³-hybridized carbons (Fsp3) is 0.500. The van der Waals surface area contributed by atoms with Crippen molar-refractivity contribution in [2.24, 2.45) is 0 Å². The van der Waals surface area contributed by atoms with Crippen LogP contribution in [0.2, 0.25) is 0 Å². The van der Waals surface area contributed by atoms with Gasteiger partial charge in [-0.05, 0) is 37.1 Å². The smallest absolute Gasteiger partial charge is 0.240 e. The second kappa shape index (κ2) is 8.05. The second-order valence-corrected chi connectivity index (χ2v) is 7.72. The van der Waals surface area contributed by atoms with Gasteiger partial charge < -0.3 is 10.1 Å². The molecule has 1 aromatic rings. The molecular weight excluding hydrogens is 372 g/mol. The number of carbonyl (C=O) groups excluding carboxylic acids is 1. The summed E-state index contributed by atoms with van der Waals surface area (Å²) in [5.74, 6) is -0.186. The average molecular weight is 391 g/mol. The van der Waals surface area contributed by atoms with Crippen molar-refractivity contribution in [2.45, 2.75) is 30.3 Å². The van der Waals surface area contributed by atoms with Gasteiger partial charge in [-0.1, -0.05) is 15.9 Å². The Bertz CT molecular complexity index is 598. The minimum Gasteiger partial charge on any atom is -0.376 e. The van der Waals surface area contributed by atoms with E-state index in [4.69, 9.17) is 4.74 Å². The molecule has 22 heavy (non-hydrogen) atoms. The first-order valence-electron chi connectivity index (χ1n) is 7.11. The van der Waals surface area contributed by atoms with Crippen LogP contribution < -0.4 is 10.0 Å². The first kappa shape index (κ1) is 17.4. The average Bonchev–Trinajstić information content (AvgIpc) is 2.99. The summed E-state index contributed by atoms with van der Waals surface area (Å²) in [5, 5.41) is 2.75. The maximum atomic E-state index is 12.0. The summed E-state index contributed by atoms with van der Waals surface area (Å²) in [4.78, 5) is 11.8. The fourth-order valence-electron chi connectivity index (χ4n) is 2.12. The highest BCUT2D eigenvalue weighted by atomic mass is 79.9. The summed E-state index contributed by atoms with van der Waals surface area (Å²) in [6.07, 6.45) is 2.16. The van der Waals surface area contributed by atoms with Crippen LogP contribution in [-0.4, -0.2) is 40.1 Å². The molecule has 6 nitrogen and oxygen atoms in total. The molecule has 0 unspecified atom stereocenters. The van der Waals surface area contributed by atoms with Gasteiger partial charge in [-0.3, -0.25) is 4.79 Å². The SMILES string of the molecule is O=C(CCNS(=O)(=O)c1ccc(Br)cc1)NC[C@H]1CCCO1. The Kier molecular flexibility index (Phi) is 6.37. The zero-order chi connectivity index (χ0) is 16.0. The predicted octanol–water partition coefficient (Wildman–Crippen LogP) is 1.41. The highest BCUT2D eigenvalue weighted by molar-refractivity contribution is 9.10. The molecule has 1 fully saturated rings. The third kappa shape index (κ3) is 5.35. The van der Waals surface area contributed by atoms with E-state index in [9.17, 15) is 13.2 Å². The molecule has 1 aliphatic rings. The lowest BCUT2D eigenvalue weighted by atomic mass is 10.2. The lowest BCUT2D eigenvalue weighted by Gasteiger charge is -2.11. The fourth-order valence-corrected chi connectivity index (χ4v) is 3.41. The minimum absolute atomic E-state index is 0.0652. The van der Waals surface area contributed by atoms with E-state index in [2.05, 4.69) is 26.0 Å². The standard InChI is InChI=1S/C14H19BrN2O4S/c15-11-3-5-13(6-4-11)22(19,20)17-8-7-14(18)16-10-12-2-1-9-21-12/h3-6,12,17H,1-2,7-10H2,(H,16,18)/t12-/m1/s1. The third-order valence-corrected chi connectivity index (χ3v) is 5.32. The van der Waals surface area contributed by atoms with Crippen molar-refractivity contribution in [1.29, 1.82) is 0 Å². The van der Waals surface area contributed by atoms with E-state index in [0.717, 1.165) is 23.9 Å². The van der Waals surface area contributed by atoms with Gasteiger partial charge in [0.25, 0.3) is 0 Å². The van der Waals surface area contributed by atoms with Gasteiger partial charge in [0.05, 0.1) is 11.0 Å². The molecule has 0 saturated carbocycles. The van der Waals surface area contributed by atoms with Crippen LogP contribution in [0.4, 0.5) is 0 Å². The van der Waals surface area contributed by atoms with Crippen LogP contribution in [0.15, 0.2) is 33.6 Å². The quantitative estimate of drug-likeness (QED) is 0.736. The predicted molar refractivity (Wildman–Crippen MR) is 85.9 cm³/mol. The topological polar surface area (TPSA) is 84.5 Å². The molecule has 0 bridgehead atoms. The van der Waals surface area contributed by atoms with E-state index in [-0.39, 0.29) is 29.9 Å². The first-order chi connectivity index (χ1) is 10.5. The number of hydrogen-bond donors (Lipinski definition) is 2. The maximum Gasteiger partial charge on any atom is 0.240 e. The minimum atomic E-state index is -3.58. The number of halogens is 1. The van der Waals surface area contributed by atoms with Gasteiger partial charge >= 0.3 is 0 Å². The van der Waals surface area contributed by atoms with Crippen LogP contribution in [0.5, 0.6) is 0 Å². The lowest BCUT2D eigenvalue weighted by molar-refractivity contribution is -0.121. The van der Waals surface area contributed by atoms with Crippen LogP contribution in [0.25, 0.3) is 0 Å². The number of hydrogen-bond acceptors (Lipinski definition) is 4. The van der Waals surface area contributed by atoms with Crippen molar-refractivity contribution in [3.63, 3.8) is 0 Å². The Balaban J connectivity index is 1.72. The summed E-state index contributed by atoms with van der Waals surface area (Å²) in [5.41, 5.74) is 0. The number of sulfonamides is 1. The van der Waals surface area contributed by atoms with Gasteiger partial charge in [-0.15, -0.1) is 0 Å². The summed E-state index contributed by atoms with van der Waals surface area (Å²) in [6, 6.07) is 6.32. The molecule has 1 heterocycles. The van der Waals surface area contributed by atoms with E-state index in [0.29, 0.717) is 6.54 Å². The monoisotopic (exact) mass is 390 g/mol.